The molecule has 0 bridgehead atoms. The van der Waals surface area contributed by atoms with Crippen molar-refractivity contribution in [3.05, 3.63) is 101 Å². The first kappa shape index (κ1) is 24.2. The zero-order chi connectivity index (χ0) is 24.9. The molecule has 186 valence electrons. The van der Waals surface area contributed by atoms with Crippen LogP contribution in [0.15, 0.2) is 84.0 Å². The summed E-state index contributed by atoms with van der Waals surface area (Å²) in [7, 11) is 1.62. The van der Waals surface area contributed by atoms with Gasteiger partial charge in [-0.3, -0.25) is 14.6 Å². The third-order valence-electron chi connectivity index (χ3n) is 6.93. The molecule has 3 aromatic carbocycles. The molecule has 5 rings (SSSR count). The molecule has 0 aliphatic carbocycles. The molecule has 0 aromatic heterocycles. The maximum atomic E-state index is 14.8. The second-order valence-electron chi connectivity index (χ2n) is 9.29. The maximum absolute atomic E-state index is 14.8. The fraction of sp³-hybridized carbons (Fsp3) is 0.310. The Hall–Kier alpha value is -3.55. The molecular weight excluding hydrogens is 455 g/mol. The number of halogens is 1. The summed E-state index contributed by atoms with van der Waals surface area (Å²) in [6.07, 6.45) is 0.462. The Morgan fingerprint density at radius 1 is 0.917 bits per heavy atom. The molecular formula is C29H31FN4O2. The van der Waals surface area contributed by atoms with Crippen LogP contribution in [-0.4, -0.2) is 66.3 Å². The van der Waals surface area contributed by atoms with Gasteiger partial charge in [0, 0.05) is 44.7 Å². The van der Waals surface area contributed by atoms with Gasteiger partial charge in [0.15, 0.2) is 0 Å². The smallest absolute Gasteiger partial charge is 0.257 e. The topological polar surface area (TPSA) is 48.4 Å². The van der Waals surface area contributed by atoms with Crippen molar-refractivity contribution in [1.82, 2.24) is 14.8 Å². The zero-order valence-electron chi connectivity index (χ0n) is 20.5. The fourth-order valence-corrected chi connectivity index (χ4v) is 4.90. The molecule has 2 aliphatic rings. The number of nitrogens with zero attached hydrogens (tertiary/aromatic N) is 4. The Bertz CT molecular complexity index is 1210. The predicted octanol–water partition coefficient (Wildman–Crippen LogP) is 4.33. The lowest BCUT2D eigenvalue weighted by Gasteiger charge is -2.35. The summed E-state index contributed by atoms with van der Waals surface area (Å²) in [6, 6.07) is 24.2. The minimum absolute atomic E-state index is 0.108. The number of hydrogen-bond donors (Lipinski definition) is 0. The van der Waals surface area contributed by atoms with E-state index < -0.39 is 6.04 Å². The van der Waals surface area contributed by atoms with E-state index in [4.69, 9.17) is 9.84 Å². The Labute approximate surface area is 211 Å². The SMILES string of the molecule is COc1ccc(C2=NN(C(=O)CN3CCN(Cc4ccccc4)CC3)C(c3ccccc3F)C2)cc1. The number of amides is 1. The standard InChI is InChI=1S/C29H31FN4O2/c1-36-24-13-11-23(12-14-24)27-19-28(25-9-5-6-10-26(25)30)34(31-27)29(35)21-33-17-15-32(16-18-33)20-22-7-3-2-4-8-22/h2-14,28H,15-21H2,1H3. The average molecular weight is 487 g/mol. The largest absolute Gasteiger partial charge is 0.497 e. The lowest BCUT2D eigenvalue weighted by Crippen LogP contribution is -2.49. The molecule has 1 unspecified atom stereocenters. The van der Waals surface area contributed by atoms with Gasteiger partial charge >= 0.3 is 0 Å². The van der Waals surface area contributed by atoms with Crippen LogP contribution in [0.25, 0.3) is 0 Å². The van der Waals surface area contributed by atoms with E-state index in [2.05, 4.69) is 34.1 Å². The van der Waals surface area contributed by atoms with Gasteiger partial charge in [-0.2, -0.15) is 5.10 Å². The number of ether oxygens (including phenoxy) is 1. The number of hydrazone groups is 1. The van der Waals surface area contributed by atoms with Crippen molar-refractivity contribution in [1.29, 1.82) is 0 Å². The van der Waals surface area contributed by atoms with Gasteiger partial charge in [-0.1, -0.05) is 48.5 Å². The van der Waals surface area contributed by atoms with Crippen LogP contribution < -0.4 is 4.74 Å². The Kier molecular flexibility index (Phi) is 7.39. The molecule has 0 saturated carbocycles. The number of piperazine rings is 1. The summed E-state index contributed by atoms with van der Waals surface area (Å²) < 4.78 is 20.0. The van der Waals surface area contributed by atoms with Crippen LogP contribution in [0, 0.1) is 5.82 Å². The summed E-state index contributed by atoms with van der Waals surface area (Å²) in [5, 5.41) is 6.20. The normalized spacial score (nSPS) is 18.8. The van der Waals surface area contributed by atoms with E-state index in [9.17, 15) is 9.18 Å². The molecule has 1 fully saturated rings. The highest BCUT2D eigenvalue weighted by molar-refractivity contribution is 6.03. The third-order valence-corrected chi connectivity index (χ3v) is 6.93. The van der Waals surface area contributed by atoms with E-state index in [1.807, 2.05) is 30.3 Å². The van der Waals surface area contributed by atoms with Gasteiger partial charge in [0.2, 0.25) is 0 Å². The predicted molar refractivity (Wildman–Crippen MR) is 138 cm³/mol. The number of rotatable bonds is 7. The van der Waals surface area contributed by atoms with E-state index in [0.717, 1.165) is 49.7 Å². The van der Waals surface area contributed by atoms with Crippen LogP contribution in [0.4, 0.5) is 4.39 Å². The second-order valence-corrected chi connectivity index (χ2v) is 9.29. The van der Waals surface area contributed by atoms with Crippen LogP contribution in [0.5, 0.6) is 5.75 Å². The highest BCUT2D eigenvalue weighted by Crippen LogP contribution is 2.34. The van der Waals surface area contributed by atoms with Crippen LogP contribution in [0.2, 0.25) is 0 Å². The van der Waals surface area contributed by atoms with Crippen LogP contribution >= 0.6 is 0 Å². The number of carbonyl (C=O) groups is 1. The monoisotopic (exact) mass is 486 g/mol. The summed E-state index contributed by atoms with van der Waals surface area (Å²) >= 11 is 0. The minimum atomic E-state index is -0.463. The Morgan fingerprint density at radius 3 is 2.28 bits per heavy atom. The summed E-state index contributed by atoms with van der Waals surface area (Å²) in [6.45, 7) is 4.61. The van der Waals surface area contributed by atoms with E-state index in [0.29, 0.717) is 12.0 Å². The quantitative estimate of drug-likeness (QED) is 0.499. The Morgan fingerprint density at radius 2 is 1.58 bits per heavy atom. The van der Waals surface area contributed by atoms with Gasteiger partial charge in [-0.05, 0) is 41.5 Å². The maximum Gasteiger partial charge on any atom is 0.257 e. The van der Waals surface area contributed by atoms with Gasteiger partial charge < -0.3 is 4.74 Å². The fourth-order valence-electron chi connectivity index (χ4n) is 4.90. The number of methoxy groups -OCH3 is 1. The lowest BCUT2D eigenvalue weighted by atomic mass is 9.98. The zero-order valence-corrected chi connectivity index (χ0v) is 20.5. The first-order valence-electron chi connectivity index (χ1n) is 12.4. The molecule has 1 amide bonds. The molecule has 2 aliphatic heterocycles. The van der Waals surface area contributed by atoms with Crippen molar-refractivity contribution in [3.63, 3.8) is 0 Å². The van der Waals surface area contributed by atoms with Crippen molar-refractivity contribution in [2.24, 2.45) is 5.10 Å². The highest BCUT2D eigenvalue weighted by atomic mass is 19.1. The van der Waals surface area contributed by atoms with Crippen molar-refractivity contribution >= 4 is 11.6 Å². The molecule has 0 radical (unpaired) electrons. The van der Waals surface area contributed by atoms with Gasteiger partial charge in [-0.15, -0.1) is 0 Å². The average Bonchev–Trinajstić information content (AvgIpc) is 3.36. The van der Waals surface area contributed by atoms with Crippen LogP contribution in [0.3, 0.4) is 0 Å². The summed E-state index contributed by atoms with van der Waals surface area (Å²) in [4.78, 5) is 18.1. The van der Waals surface area contributed by atoms with E-state index in [1.54, 1.807) is 25.3 Å². The molecule has 7 heteroatoms. The molecule has 3 aromatic rings. The van der Waals surface area contributed by atoms with E-state index >= 15 is 0 Å². The molecule has 1 saturated heterocycles. The van der Waals surface area contributed by atoms with Gasteiger partial charge in [0.05, 0.1) is 25.4 Å². The molecule has 1 atom stereocenters. The van der Waals surface area contributed by atoms with Crippen molar-refractivity contribution in [2.45, 2.75) is 19.0 Å². The summed E-state index contributed by atoms with van der Waals surface area (Å²) in [5.41, 5.74) is 3.46. The number of carbonyl (C=O) groups excluding carboxylic acids is 1. The molecule has 6 nitrogen and oxygen atoms in total. The van der Waals surface area contributed by atoms with Crippen LogP contribution in [-0.2, 0) is 11.3 Å². The molecule has 0 N–H and O–H groups in total. The first-order chi connectivity index (χ1) is 17.6. The van der Waals surface area contributed by atoms with Crippen molar-refractivity contribution in [2.75, 3.05) is 39.8 Å². The first-order valence-corrected chi connectivity index (χ1v) is 12.4. The third kappa shape index (κ3) is 5.48. The van der Waals surface area contributed by atoms with Crippen molar-refractivity contribution in [3.8, 4) is 5.75 Å². The Balaban J connectivity index is 1.28. The van der Waals surface area contributed by atoms with Crippen molar-refractivity contribution < 1.29 is 13.9 Å². The van der Waals surface area contributed by atoms with Gasteiger partial charge in [0.1, 0.15) is 11.6 Å². The molecule has 36 heavy (non-hydrogen) atoms. The van der Waals surface area contributed by atoms with E-state index in [-0.39, 0.29) is 18.3 Å². The summed E-state index contributed by atoms with van der Waals surface area (Å²) in [5.74, 6) is 0.326. The van der Waals surface area contributed by atoms with Gasteiger partial charge in [0.25, 0.3) is 5.91 Å². The molecule has 0 spiro atoms. The number of hydrogen-bond acceptors (Lipinski definition) is 5. The van der Waals surface area contributed by atoms with Crippen LogP contribution in [0.1, 0.15) is 29.2 Å². The lowest BCUT2D eigenvalue weighted by molar-refractivity contribution is -0.134. The second kappa shape index (κ2) is 11.0. The van der Waals surface area contributed by atoms with Gasteiger partial charge in [-0.25, -0.2) is 9.40 Å². The number of benzene rings is 3. The molecule has 2 heterocycles. The highest BCUT2D eigenvalue weighted by Gasteiger charge is 2.35. The van der Waals surface area contributed by atoms with E-state index in [1.165, 1.54) is 16.6 Å². The minimum Gasteiger partial charge on any atom is -0.497 e.